The van der Waals surface area contributed by atoms with Crippen molar-refractivity contribution < 1.29 is 0 Å². The summed E-state index contributed by atoms with van der Waals surface area (Å²) in [6, 6.07) is 35.7. The number of benzene rings is 4. The molecule has 0 aromatic heterocycles. The summed E-state index contributed by atoms with van der Waals surface area (Å²) < 4.78 is 0. The lowest BCUT2D eigenvalue weighted by atomic mass is 9.97. The molecule has 0 atom stereocenters. The molecule has 0 N–H and O–H groups in total. The van der Waals surface area contributed by atoms with Crippen LogP contribution in [0, 0.1) is 0 Å². The molecule has 2 aliphatic rings. The van der Waals surface area contributed by atoms with Crippen LogP contribution < -0.4 is 0 Å². The highest BCUT2D eigenvalue weighted by Gasteiger charge is 2.58. The number of allylic oxidation sites excluding steroid dienone is 2. The number of fused-ring (bicyclic) bond motifs is 2. The van der Waals surface area contributed by atoms with Crippen LogP contribution >= 0.6 is 0 Å². The van der Waals surface area contributed by atoms with Gasteiger partial charge in [0.15, 0.2) is 0 Å². The van der Waals surface area contributed by atoms with Gasteiger partial charge in [-0.1, -0.05) is 161 Å². The SMILES string of the molecule is CC(C)(C)[Si](C1=Cc2c(cccc2-c2ccccc2)C1)(C1=Cc2c(cccc2-c2ccccc2)C1)C(C)(C)C. The third-order valence-corrected chi connectivity index (χ3v) is 16.2. The molecular formula is C38H40Si. The number of rotatable bonds is 4. The van der Waals surface area contributed by atoms with Crippen molar-refractivity contribution in [3.05, 3.63) is 130 Å². The highest BCUT2D eigenvalue weighted by atomic mass is 28.3. The summed E-state index contributed by atoms with van der Waals surface area (Å²) in [5.41, 5.74) is 11.2. The quantitative estimate of drug-likeness (QED) is 0.233. The van der Waals surface area contributed by atoms with Gasteiger partial charge in [0, 0.05) is 0 Å². The van der Waals surface area contributed by atoms with Crippen LogP contribution in [0.4, 0.5) is 0 Å². The Bertz CT molecular complexity index is 1470. The monoisotopic (exact) mass is 524 g/mol. The molecule has 0 nitrogen and oxygen atoms in total. The van der Waals surface area contributed by atoms with E-state index in [9.17, 15) is 0 Å². The minimum Gasteiger partial charge on any atom is -0.0699 e. The molecule has 0 amide bonds. The summed E-state index contributed by atoms with van der Waals surface area (Å²) in [6.45, 7) is 15.1. The van der Waals surface area contributed by atoms with E-state index in [1.165, 1.54) is 44.5 Å². The molecule has 0 fully saturated rings. The van der Waals surface area contributed by atoms with E-state index in [1.54, 1.807) is 10.4 Å². The Morgan fingerprint density at radius 1 is 0.462 bits per heavy atom. The maximum Gasteiger partial charge on any atom is 0.120 e. The van der Waals surface area contributed by atoms with Crippen molar-refractivity contribution in [2.45, 2.75) is 64.5 Å². The van der Waals surface area contributed by atoms with Crippen molar-refractivity contribution in [2.24, 2.45) is 0 Å². The van der Waals surface area contributed by atoms with Crippen LogP contribution in [0.25, 0.3) is 34.4 Å². The molecule has 1 heteroatoms. The van der Waals surface area contributed by atoms with E-state index in [0.29, 0.717) is 0 Å². The van der Waals surface area contributed by atoms with Gasteiger partial charge in [-0.2, -0.15) is 0 Å². The molecule has 0 saturated heterocycles. The van der Waals surface area contributed by atoms with Crippen LogP contribution in [0.3, 0.4) is 0 Å². The van der Waals surface area contributed by atoms with E-state index in [-0.39, 0.29) is 10.1 Å². The molecule has 0 aliphatic heterocycles. The van der Waals surface area contributed by atoms with E-state index in [0.717, 1.165) is 12.8 Å². The second kappa shape index (κ2) is 9.35. The molecule has 0 bridgehead atoms. The smallest absolute Gasteiger partial charge is 0.0699 e. The summed E-state index contributed by atoms with van der Waals surface area (Å²) in [5.74, 6) is 0. The summed E-state index contributed by atoms with van der Waals surface area (Å²) in [7, 11) is -2.25. The van der Waals surface area contributed by atoms with Crippen molar-refractivity contribution in [3.8, 4) is 22.3 Å². The van der Waals surface area contributed by atoms with Crippen LogP contribution in [-0.4, -0.2) is 8.07 Å². The normalized spacial score (nSPS) is 15.0. The predicted octanol–water partition coefficient (Wildman–Crippen LogP) is 10.7. The highest BCUT2D eigenvalue weighted by molar-refractivity contribution is 6.98. The summed E-state index contributed by atoms with van der Waals surface area (Å²) >= 11 is 0. The largest absolute Gasteiger partial charge is 0.120 e. The average molecular weight is 525 g/mol. The maximum atomic E-state index is 2.63. The molecule has 2 aliphatic carbocycles. The van der Waals surface area contributed by atoms with Crippen molar-refractivity contribution >= 4 is 20.2 Å². The molecule has 196 valence electrons. The summed E-state index contributed by atoms with van der Waals surface area (Å²) in [6.07, 6.45) is 7.39. The van der Waals surface area contributed by atoms with E-state index in [2.05, 4.69) is 151 Å². The summed E-state index contributed by atoms with van der Waals surface area (Å²) in [4.78, 5) is 0. The predicted molar refractivity (Wildman–Crippen MR) is 172 cm³/mol. The van der Waals surface area contributed by atoms with Gasteiger partial charge in [-0.05, 0) is 67.4 Å². The van der Waals surface area contributed by atoms with E-state index >= 15 is 0 Å². The second-order valence-electron chi connectivity index (χ2n) is 13.4. The first-order valence-corrected chi connectivity index (χ1v) is 16.4. The first-order valence-electron chi connectivity index (χ1n) is 14.4. The molecule has 0 unspecified atom stereocenters. The first-order chi connectivity index (χ1) is 18.6. The van der Waals surface area contributed by atoms with Gasteiger partial charge in [-0.3, -0.25) is 0 Å². The van der Waals surface area contributed by atoms with Gasteiger partial charge in [-0.25, -0.2) is 0 Å². The minimum absolute atomic E-state index is 0.160. The molecular weight excluding hydrogens is 485 g/mol. The Balaban J connectivity index is 1.55. The topological polar surface area (TPSA) is 0 Å². The van der Waals surface area contributed by atoms with Crippen LogP contribution in [-0.2, 0) is 12.8 Å². The number of hydrogen-bond donors (Lipinski definition) is 0. The molecule has 0 spiro atoms. The average Bonchev–Trinajstić information content (AvgIpc) is 3.53. The van der Waals surface area contributed by atoms with Gasteiger partial charge in [0.25, 0.3) is 0 Å². The van der Waals surface area contributed by atoms with Gasteiger partial charge in [0.1, 0.15) is 8.07 Å². The second-order valence-corrected chi connectivity index (χ2v) is 19.2. The van der Waals surface area contributed by atoms with Crippen molar-refractivity contribution in [1.29, 1.82) is 0 Å². The van der Waals surface area contributed by atoms with E-state index in [4.69, 9.17) is 0 Å². The van der Waals surface area contributed by atoms with Crippen LogP contribution in [0.1, 0.15) is 63.8 Å². The molecule has 4 aromatic carbocycles. The van der Waals surface area contributed by atoms with Gasteiger partial charge in [0.05, 0.1) is 0 Å². The lowest BCUT2D eigenvalue weighted by Crippen LogP contribution is -2.56. The summed E-state index contributed by atoms with van der Waals surface area (Å²) in [5, 5.41) is 3.71. The Morgan fingerprint density at radius 3 is 1.21 bits per heavy atom. The Morgan fingerprint density at radius 2 is 0.846 bits per heavy atom. The zero-order chi connectivity index (χ0) is 27.4. The van der Waals surface area contributed by atoms with Gasteiger partial charge >= 0.3 is 0 Å². The standard InChI is InChI=1S/C38H40Si/c1-37(2,3)39(38(4,5)6,31-23-29-19-13-21-33(35(29)25-31)27-15-9-7-10-16-27)32-24-30-20-14-22-34(36(30)26-32)28-17-11-8-12-18-28/h7-22,25-26H,23-24H2,1-6H3. The first kappa shape index (κ1) is 25.8. The van der Waals surface area contributed by atoms with Crippen LogP contribution in [0.15, 0.2) is 107 Å². The third kappa shape index (κ3) is 4.10. The highest BCUT2D eigenvalue weighted by Crippen LogP contribution is 2.62. The van der Waals surface area contributed by atoms with Crippen molar-refractivity contribution in [1.82, 2.24) is 0 Å². The van der Waals surface area contributed by atoms with Crippen molar-refractivity contribution in [3.63, 3.8) is 0 Å². The van der Waals surface area contributed by atoms with Crippen LogP contribution in [0.5, 0.6) is 0 Å². The lowest BCUT2D eigenvalue weighted by Gasteiger charge is -2.54. The number of hydrogen-bond acceptors (Lipinski definition) is 0. The third-order valence-electron chi connectivity index (χ3n) is 9.17. The maximum absolute atomic E-state index is 2.63. The van der Waals surface area contributed by atoms with Gasteiger partial charge in [0.2, 0.25) is 0 Å². The van der Waals surface area contributed by atoms with Crippen LogP contribution in [0.2, 0.25) is 10.1 Å². The van der Waals surface area contributed by atoms with E-state index < -0.39 is 8.07 Å². The van der Waals surface area contributed by atoms with E-state index in [1.807, 2.05) is 0 Å². The van der Waals surface area contributed by atoms with Crippen molar-refractivity contribution in [2.75, 3.05) is 0 Å². The fourth-order valence-corrected chi connectivity index (χ4v) is 16.4. The molecule has 6 rings (SSSR count). The van der Waals surface area contributed by atoms with Gasteiger partial charge in [-0.15, -0.1) is 0 Å². The zero-order valence-electron chi connectivity index (χ0n) is 24.3. The molecule has 0 heterocycles. The fourth-order valence-electron chi connectivity index (χ4n) is 8.21. The Hall–Kier alpha value is -3.42. The molecule has 0 saturated carbocycles. The fraction of sp³-hybridized carbons (Fsp3) is 0.263. The van der Waals surface area contributed by atoms with Gasteiger partial charge < -0.3 is 0 Å². The molecule has 0 radical (unpaired) electrons. The minimum atomic E-state index is -2.25. The molecule has 39 heavy (non-hydrogen) atoms. The Labute approximate surface area is 236 Å². The molecule has 4 aromatic rings. The lowest BCUT2D eigenvalue weighted by molar-refractivity contribution is 0.622. The Kier molecular flexibility index (Phi) is 6.19. The zero-order valence-corrected chi connectivity index (χ0v) is 25.3.